The number of aromatic nitrogens is 8. The lowest BCUT2D eigenvalue weighted by Gasteiger charge is -2.42. The summed E-state index contributed by atoms with van der Waals surface area (Å²) in [6.45, 7) is 1.39. The molecule has 1 saturated carbocycles. The molecule has 2 saturated heterocycles. The van der Waals surface area contributed by atoms with Gasteiger partial charge in [-0.2, -0.15) is 9.97 Å². The maximum absolute atomic E-state index is 7.38. The summed E-state index contributed by atoms with van der Waals surface area (Å²) < 4.78 is 15.9. The Labute approximate surface area is 240 Å². The maximum Gasteiger partial charge on any atom is 0.224 e. The number of fused-ring (bicyclic) bond motifs is 2. The van der Waals surface area contributed by atoms with Crippen molar-refractivity contribution in [3.63, 3.8) is 0 Å². The number of rotatable bonds is 4. The normalized spacial score (nSPS) is 29.8. The zero-order valence-corrected chi connectivity index (χ0v) is 23.6. The Morgan fingerprint density at radius 3 is 2.02 bits per heavy atom. The summed E-state index contributed by atoms with van der Waals surface area (Å²) in [5.74, 6) is -0.375. The quantitative estimate of drug-likeness (QED) is 0.333. The highest BCUT2D eigenvalue weighted by Gasteiger charge is 2.47. The van der Waals surface area contributed by atoms with Crippen molar-refractivity contribution in [2.75, 3.05) is 13.2 Å². The lowest BCUT2D eigenvalue weighted by atomic mass is 9.68. The minimum absolute atomic E-state index is 0.0878. The molecule has 0 radical (unpaired) electrons. The summed E-state index contributed by atoms with van der Waals surface area (Å²) in [5.41, 5.74) is 16.6. The van der Waals surface area contributed by atoms with Crippen LogP contribution in [-0.4, -0.2) is 58.3 Å². The predicted octanol–water partition coefficient (Wildman–Crippen LogP) is 4.12. The molecule has 0 aromatic carbocycles. The molecule has 2 aliphatic heterocycles. The molecule has 4 aromatic rings. The van der Waals surface area contributed by atoms with Gasteiger partial charge in [0.2, 0.25) is 10.6 Å². The molecule has 5 atom stereocenters. The number of imidazole rings is 2. The molecule has 14 heteroatoms. The van der Waals surface area contributed by atoms with E-state index in [1.165, 1.54) is 0 Å². The molecular weight excluding hydrogens is 555 g/mol. The highest BCUT2D eigenvalue weighted by atomic mass is 35.5. The third-order valence-electron chi connectivity index (χ3n) is 8.61. The molecule has 3 fully saturated rings. The highest BCUT2D eigenvalue weighted by molar-refractivity contribution is 6.28. The summed E-state index contributed by atoms with van der Waals surface area (Å²) in [5, 5.41) is 0.217. The maximum atomic E-state index is 7.38. The number of ether oxygens (including phenoxy) is 2. The smallest absolute Gasteiger partial charge is 0.224 e. The van der Waals surface area contributed by atoms with Crippen LogP contribution < -0.4 is 11.5 Å². The average molecular weight is 588 g/mol. The number of nitrogens with two attached hydrogens (primary N) is 2. The lowest BCUT2D eigenvalue weighted by Crippen LogP contribution is -2.50. The van der Waals surface area contributed by atoms with Crippen molar-refractivity contribution < 1.29 is 9.47 Å². The SMILES string of the molecule is NC1CCC(N)(c2nc(Cl)nc3c2ncn3C2CCCCO2)C(c2nc(Cl)nc3c2ncn3C2CCCCO2)C1. The Balaban J connectivity index is 1.37. The fraction of sp³-hybridized carbons (Fsp3) is 0.615. The number of nitrogens with zero attached hydrogens (tertiary/aromatic N) is 8. The van der Waals surface area contributed by atoms with Crippen LogP contribution in [0, 0.1) is 0 Å². The van der Waals surface area contributed by atoms with E-state index in [2.05, 4.69) is 15.0 Å². The van der Waals surface area contributed by atoms with E-state index in [0.29, 0.717) is 66.2 Å². The summed E-state index contributed by atoms with van der Waals surface area (Å²) in [6, 6.07) is -0.0878. The van der Waals surface area contributed by atoms with E-state index in [9.17, 15) is 0 Å². The van der Waals surface area contributed by atoms with Crippen molar-refractivity contribution in [3.05, 3.63) is 34.6 Å². The molecule has 1 aliphatic carbocycles. The second-order valence-corrected chi connectivity index (χ2v) is 11.8. The number of hydrogen-bond acceptors (Lipinski definition) is 10. The monoisotopic (exact) mass is 586 g/mol. The van der Waals surface area contributed by atoms with E-state index in [1.807, 2.05) is 9.13 Å². The predicted molar refractivity (Wildman–Crippen MR) is 149 cm³/mol. The van der Waals surface area contributed by atoms with Crippen molar-refractivity contribution in [1.82, 2.24) is 39.0 Å². The van der Waals surface area contributed by atoms with Crippen LogP contribution in [0.2, 0.25) is 10.6 Å². The first-order chi connectivity index (χ1) is 19.4. The molecule has 3 aliphatic rings. The van der Waals surface area contributed by atoms with Crippen LogP contribution in [-0.2, 0) is 15.0 Å². The van der Waals surface area contributed by atoms with E-state index in [4.69, 9.17) is 59.1 Å². The highest BCUT2D eigenvalue weighted by Crippen LogP contribution is 2.47. The molecule has 4 aromatic heterocycles. The van der Waals surface area contributed by atoms with Gasteiger partial charge >= 0.3 is 0 Å². The Morgan fingerprint density at radius 2 is 1.40 bits per heavy atom. The minimum atomic E-state index is -1.01. The summed E-state index contributed by atoms with van der Waals surface area (Å²) >= 11 is 13.1. The minimum Gasteiger partial charge on any atom is -0.358 e. The summed E-state index contributed by atoms with van der Waals surface area (Å²) in [6.07, 6.45) is 11.0. The number of halogens is 2. The zero-order chi connectivity index (χ0) is 27.4. The fourth-order valence-corrected chi connectivity index (χ4v) is 6.88. The third-order valence-corrected chi connectivity index (χ3v) is 8.95. The molecule has 0 amide bonds. The molecule has 7 rings (SSSR count). The van der Waals surface area contributed by atoms with Gasteiger partial charge in [0.25, 0.3) is 0 Å². The van der Waals surface area contributed by atoms with Gasteiger partial charge in [-0.1, -0.05) is 0 Å². The average Bonchev–Trinajstić information content (AvgIpc) is 3.59. The second-order valence-electron chi connectivity index (χ2n) is 11.1. The van der Waals surface area contributed by atoms with Crippen LogP contribution >= 0.6 is 23.2 Å². The van der Waals surface area contributed by atoms with Crippen molar-refractivity contribution in [3.8, 4) is 0 Å². The summed E-state index contributed by atoms with van der Waals surface area (Å²) in [7, 11) is 0. The number of hydrogen-bond donors (Lipinski definition) is 2. The third kappa shape index (κ3) is 4.45. The van der Waals surface area contributed by atoms with Crippen molar-refractivity contribution in [2.45, 2.75) is 87.7 Å². The second kappa shape index (κ2) is 10.4. The molecule has 0 spiro atoms. The van der Waals surface area contributed by atoms with E-state index in [0.717, 1.165) is 38.5 Å². The van der Waals surface area contributed by atoms with E-state index < -0.39 is 5.54 Å². The zero-order valence-electron chi connectivity index (χ0n) is 22.0. The molecule has 40 heavy (non-hydrogen) atoms. The molecule has 12 nitrogen and oxygen atoms in total. The van der Waals surface area contributed by atoms with Gasteiger partial charge in [-0.15, -0.1) is 0 Å². The van der Waals surface area contributed by atoms with Gasteiger partial charge in [-0.05, 0) is 81.0 Å². The Hall–Kier alpha value is -2.48. The standard InChI is InChI=1S/C26H32Cl2N10O2/c27-24-33-18(19-22(35-24)37(12-31-19)16-5-1-3-9-39-16)15-11-14(29)7-8-26(15,30)21-20-23(36-25(28)34-21)38(13-32-20)17-6-2-4-10-40-17/h12-17H,1-11,29-30H2. The molecule has 0 bridgehead atoms. The van der Waals surface area contributed by atoms with Crippen molar-refractivity contribution >= 4 is 45.5 Å². The Morgan fingerprint density at radius 1 is 0.800 bits per heavy atom. The largest absolute Gasteiger partial charge is 0.358 e. The van der Waals surface area contributed by atoms with Gasteiger partial charge in [0.05, 0.1) is 29.6 Å². The topological polar surface area (TPSA) is 158 Å². The fourth-order valence-electron chi connectivity index (χ4n) is 6.54. The Bertz CT molecular complexity index is 1550. The molecule has 212 valence electrons. The van der Waals surface area contributed by atoms with E-state index >= 15 is 0 Å². The summed E-state index contributed by atoms with van der Waals surface area (Å²) in [4.78, 5) is 28.0. The van der Waals surface area contributed by atoms with Gasteiger partial charge in [0, 0.05) is 25.2 Å². The molecule has 6 heterocycles. The van der Waals surface area contributed by atoms with Gasteiger partial charge in [0.1, 0.15) is 23.5 Å². The van der Waals surface area contributed by atoms with Gasteiger partial charge in [-0.3, -0.25) is 9.13 Å². The van der Waals surface area contributed by atoms with Crippen LogP contribution in [0.15, 0.2) is 12.7 Å². The van der Waals surface area contributed by atoms with E-state index in [-0.39, 0.29) is 35.0 Å². The van der Waals surface area contributed by atoms with Crippen LogP contribution in [0.1, 0.15) is 87.5 Å². The van der Waals surface area contributed by atoms with Crippen LogP contribution in [0.3, 0.4) is 0 Å². The lowest BCUT2D eigenvalue weighted by molar-refractivity contribution is -0.0299. The van der Waals surface area contributed by atoms with Gasteiger partial charge in [-0.25, -0.2) is 19.9 Å². The van der Waals surface area contributed by atoms with Gasteiger partial charge < -0.3 is 20.9 Å². The van der Waals surface area contributed by atoms with E-state index in [1.54, 1.807) is 12.7 Å². The Kier molecular flexibility index (Phi) is 6.88. The van der Waals surface area contributed by atoms with Crippen molar-refractivity contribution in [1.29, 1.82) is 0 Å². The molecule has 4 N–H and O–H groups in total. The van der Waals surface area contributed by atoms with Crippen LogP contribution in [0.4, 0.5) is 0 Å². The molecular formula is C26H32Cl2N10O2. The van der Waals surface area contributed by atoms with Crippen LogP contribution in [0.25, 0.3) is 22.3 Å². The first-order valence-corrected chi connectivity index (χ1v) is 14.8. The van der Waals surface area contributed by atoms with Crippen LogP contribution in [0.5, 0.6) is 0 Å². The van der Waals surface area contributed by atoms with Gasteiger partial charge in [0.15, 0.2) is 11.3 Å². The van der Waals surface area contributed by atoms with Crippen molar-refractivity contribution in [2.24, 2.45) is 11.5 Å². The first-order valence-electron chi connectivity index (χ1n) is 14.0. The first kappa shape index (κ1) is 26.4. The molecule has 5 unspecified atom stereocenters.